The number of carbonyl (C=O) groups excluding carboxylic acids is 1. The summed E-state index contributed by atoms with van der Waals surface area (Å²) in [6, 6.07) is 11.3. The van der Waals surface area contributed by atoms with Crippen molar-refractivity contribution in [1.82, 2.24) is 25.5 Å². The van der Waals surface area contributed by atoms with Crippen molar-refractivity contribution >= 4 is 5.91 Å². The number of ether oxygens (including phenoxy) is 1. The summed E-state index contributed by atoms with van der Waals surface area (Å²) in [6.45, 7) is 1.92. The number of benzene rings is 1. The fraction of sp³-hybridized carbons (Fsp3) is 0.364. The van der Waals surface area contributed by atoms with Gasteiger partial charge in [-0.2, -0.15) is 5.10 Å². The van der Waals surface area contributed by atoms with E-state index in [1.54, 1.807) is 19.5 Å². The van der Waals surface area contributed by atoms with Gasteiger partial charge in [-0.05, 0) is 49.6 Å². The molecule has 150 valence electrons. The summed E-state index contributed by atoms with van der Waals surface area (Å²) in [5.74, 6) is 2.02. The number of aromatic amines is 1. The zero-order chi connectivity index (χ0) is 20.3. The van der Waals surface area contributed by atoms with E-state index in [0.717, 1.165) is 42.6 Å². The molecule has 7 heteroatoms. The smallest absolute Gasteiger partial charge is 0.231 e. The number of methoxy groups -OCH3 is 1. The summed E-state index contributed by atoms with van der Waals surface area (Å²) in [5, 5.41) is 10.4. The van der Waals surface area contributed by atoms with Gasteiger partial charge in [-0.3, -0.25) is 14.9 Å². The molecular weight excluding hydrogens is 366 g/mol. The molecule has 1 fully saturated rings. The van der Waals surface area contributed by atoms with Crippen molar-refractivity contribution in [1.29, 1.82) is 0 Å². The first-order chi connectivity index (χ1) is 14.1. The molecule has 2 aromatic heterocycles. The van der Waals surface area contributed by atoms with Crippen molar-refractivity contribution in [2.24, 2.45) is 0 Å². The number of H-pyrrole nitrogens is 1. The Bertz CT molecular complexity index is 962. The Morgan fingerprint density at radius 2 is 1.97 bits per heavy atom. The molecule has 0 bridgehead atoms. The van der Waals surface area contributed by atoms with Crippen LogP contribution in [0, 0.1) is 0 Å². The van der Waals surface area contributed by atoms with E-state index in [9.17, 15) is 4.79 Å². The third-order valence-corrected chi connectivity index (χ3v) is 5.71. The van der Waals surface area contributed by atoms with Gasteiger partial charge in [0, 0.05) is 18.0 Å². The van der Waals surface area contributed by atoms with E-state index < -0.39 is 5.41 Å². The Kier molecular flexibility index (Phi) is 5.29. The summed E-state index contributed by atoms with van der Waals surface area (Å²) >= 11 is 0. The Hall–Kier alpha value is -3.22. The fourth-order valence-electron chi connectivity index (χ4n) is 4.03. The van der Waals surface area contributed by atoms with Crippen molar-refractivity contribution < 1.29 is 9.53 Å². The van der Waals surface area contributed by atoms with Crippen molar-refractivity contribution in [3.63, 3.8) is 0 Å². The van der Waals surface area contributed by atoms with Crippen LogP contribution in [0.5, 0.6) is 5.75 Å². The average Bonchev–Trinajstić information content (AvgIpc) is 3.45. The topological polar surface area (TPSA) is 92.8 Å². The molecule has 1 aliphatic carbocycles. The molecule has 3 aromatic rings. The molecule has 1 amide bonds. The minimum Gasteiger partial charge on any atom is -0.497 e. The number of hydrogen-bond acceptors (Lipinski definition) is 5. The number of nitrogens with zero attached hydrogens (tertiary/aromatic N) is 3. The first-order valence-corrected chi connectivity index (χ1v) is 9.90. The lowest BCUT2D eigenvalue weighted by atomic mass is 9.77. The molecule has 0 saturated heterocycles. The van der Waals surface area contributed by atoms with Crippen LogP contribution in [0.15, 0.2) is 48.8 Å². The van der Waals surface area contributed by atoms with E-state index in [-0.39, 0.29) is 11.9 Å². The van der Waals surface area contributed by atoms with E-state index in [0.29, 0.717) is 11.6 Å². The molecule has 1 saturated carbocycles. The van der Waals surface area contributed by atoms with Crippen molar-refractivity contribution in [3.05, 3.63) is 60.2 Å². The normalized spacial score (nSPS) is 16.3. The largest absolute Gasteiger partial charge is 0.497 e. The van der Waals surface area contributed by atoms with Crippen LogP contribution < -0.4 is 10.1 Å². The summed E-state index contributed by atoms with van der Waals surface area (Å²) < 4.78 is 5.26. The zero-order valence-corrected chi connectivity index (χ0v) is 16.7. The van der Waals surface area contributed by atoms with Crippen LogP contribution in [-0.2, 0) is 10.2 Å². The predicted octanol–water partition coefficient (Wildman–Crippen LogP) is 3.56. The summed E-state index contributed by atoms with van der Waals surface area (Å²) in [5.41, 5.74) is 1.36. The molecule has 2 N–H and O–H groups in total. The highest BCUT2D eigenvalue weighted by molar-refractivity contribution is 5.89. The summed E-state index contributed by atoms with van der Waals surface area (Å²) in [7, 11) is 1.64. The van der Waals surface area contributed by atoms with E-state index in [1.807, 2.05) is 43.3 Å². The minimum atomic E-state index is -0.507. The minimum absolute atomic E-state index is 0.0343. The van der Waals surface area contributed by atoms with Gasteiger partial charge in [0.15, 0.2) is 5.82 Å². The van der Waals surface area contributed by atoms with Gasteiger partial charge in [0.05, 0.1) is 18.6 Å². The molecule has 1 aromatic carbocycles. The second kappa shape index (κ2) is 8.03. The Balaban J connectivity index is 1.53. The van der Waals surface area contributed by atoms with Crippen LogP contribution in [0.25, 0.3) is 11.4 Å². The SMILES string of the molecule is COc1ccc(C2(C(=O)N[C@@H](C)c3nc(-c4cccnc4)n[nH]3)CCCC2)cc1. The molecule has 0 radical (unpaired) electrons. The number of nitrogens with one attached hydrogen (secondary N) is 2. The van der Waals surface area contributed by atoms with Crippen LogP contribution in [0.4, 0.5) is 0 Å². The van der Waals surface area contributed by atoms with Gasteiger partial charge in [0.25, 0.3) is 0 Å². The van der Waals surface area contributed by atoms with E-state index >= 15 is 0 Å². The Morgan fingerprint density at radius 3 is 2.62 bits per heavy atom. The van der Waals surface area contributed by atoms with Crippen LogP contribution in [0.1, 0.15) is 50.0 Å². The zero-order valence-electron chi connectivity index (χ0n) is 16.7. The van der Waals surface area contributed by atoms with E-state index in [4.69, 9.17) is 4.74 Å². The van der Waals surface area contributed by atoms with Crippen molar-refractivity contribution in [2.75, 3.05) is 7.11 Å². The maximum absolute atomic E-state index is 13.4. The van der Waals surface area contributed by atoms with Gasteiger partial charge in [0.2, 0.25) is 5.91 Å². The molecule has 4 rings (SSSR count). The third-order valence-electron chi connectivity index (χ3n) is 5.71. The molecule has 7 nitrogen and oxygen atoms in total. The highest BCUT2D eigenvalue weighted by Gasteiger charge is 2.43. The molecule has 0 spiro atoms. The second-order valence-corrected chi connectivity index (χ2v) is 7.50. The first kappa shape index (κ1) is 19.1. The Morgan fingerprint density at radius 1 is 1.21 bits per heavy atom. The number of pyridine rings is 1. The van der Waals surface area contributed by atoms with Crippen LogP contribution in [0.3, 0.4) is 0 Å². The van der Waals surface area contributed by atoms with E-state index in [1.165, 1.54) is 0 Å². The molecular formula is C22H25N5O2. The number of aromatic nitrogens is 4. The lowest BCUT2D eigenvalue weighted by Crippen LogP contribution is -2.43. The summed E-state index contributed by atoms with van der Waals surface area (Å²) in [6.07, 6.45) is 7.19. The highest BCUT2D eigenvalue weighted by Crippen LogP contribution is 2.42. The standard InChI is InChI=1S/C22H25N5O2/c1-15(19-25-20(27-26-19)16-6-5-13-23-14-16)24-21(28)22(11-3-4-12-22)17-7-9-18(29-2)10-8-17/h5-10,13-15H,3-4,11-12H2,1-2H3,(H,24,28)(H,25,26,27)/t15-/m0/s1. The van der Waals surface area contributed by atoms with Crippen molar-refractivity contribution in [2.45, 2.75) is 44.1 Å². The molecule has 0 aliphatic heterocycles. The molecule has 29 heavy (non-hydrogen) atoms. The first-order valence-electron chi connectivity index (χ1n) is 9.90. The lowest BCUT2D eigenvalue weighted by Gasteiger charge is -2.29. The lowest BCUT2D eigenvalue weighted by molar-refractivity contribution is -0.127. The van der Waals surface area contributed by atoms with Gasteiger partial charge in [0.1, 0.15) is 11.6 Å². The number of amides is 1. The number of rotatable bonds is 6. The number of carbonyl (C=O) groups is 1. The third kappa shape index (κ3) is 3.72. The van der Waals surface area contributed by atoms with Gasteiger partial charge in [-0.1, -0.05) is 25.0 Å². The number of hydrogen-bond donors (Lipinski definition) is 2. The van der Waals surface area contributed by atoms with Gasteiger partial charge in [-0.25, -0.2) is 4.98 Å². The fourth-order valence-corrected chi connectivity index (χ4v) is 4.03. The predicted molar refractivity (Wildman–Crippen MR) is 109 cm³/mol. The van der Waals surface area contributed by atoms with Crippen molar-refractivity contribution in [3.8, 4) is 17.1 Å². The highest BCUT2D eigenvalue weighted by atomic mass is 16.5. The van der Waals surface area contributed by atoms with Gasteiger partial charge >= 0.3 is 0 Å². The molecule has 1 atom stereocenters. The van der Waals surface area contributed by atoms with Crippen LogP contribution >= 0.6 is 0 Å². The molecule has 0 unspecified atom stereocenters. The molecule has 2 heterocycles. The Labute approximate surface area is 169 Å². The quantitative estimate of drug-likeness (QED) is 0.670. The summed E-state index contributed by atoms with van der Waals surface area (Å²) in [4.78, 5) is 22.0. The average molecular weight is 391 g/mol. The monoisotopic (exact) mass is 391 g/mol. The maximum atomic E-state index is 13.4. The second-order valence-electron chi connectivity index (χ2n) is 7.50. The molecule has 1 aliphatic rings. The van der Waals surface area contributed by atoms with Gasteiger partial charge in [-0.15, -0.1) is 0 Å². The van der Waals surface area contributed by atoms with Crippen LogP contribution in [-0.4, -0.2) is 33.2 Å². The van der Waals surface area contributed by atoms with Crippen LogP contribution in [0.2, 0.25) is 0 Å². The maximum Gasteiger partial charge on any atom is 0.231 e. The van der Waals surface area contributed by atoms with E-state index in [2.05, 4.69) is 25.5 Å². The van der Waals surface area contributed by atoms with Gasteiger partial charge < -0.3 is 10.1 Å².